The summed E-state index contributed by atoms with van der Waals surface area (Å²) in [5.74, 6) is 0. The largest absolute Gasteiger partial charge is 0.378 e. The molecule has 0 amide bonds. The predicted molar refractivity (Wildman–Crippen MR) is 84.4 cm³/mol. The summed E-state index contributed by atoms with van der Waals surface area (Å²) in [5.41, 5.74) is 3.72. The minimum Gasteiger partial charge on any atom is -0.378 e. The van der Waals surface area contributed by atoms with Crippen LogP contribution in [0.1, 0.15) is 29.7 Å². The Balaban J connectivity index is 2.25. The summed E-state index contributed by atoms with van der Waals surface area (Å²) in [6, 6.07) is 13.4. The van der Waals surface area contributed by atoms with Gasteiger partial charge in [-0.1, -0.05) is 35.3 Å². The normalized spacial score (nSPS) is 11.8. The second kappa shape index (κ2) is 6.17. The Kier molecular flexibility index (Phi) is 4.54. The quantitative estimate of drug-likeness (QED) is 0.830. The Morgan fingerprint density at radius 1 is 1.10 bits per heavy atom. The lowest BCUT2D eigenvalue weighted by Gasteiger charge is -2.18. The van der Waals surface area contributed by atoms with Crippen LogP contribution < -0.4 is 5.32 Å². The first-order chi connectivity index (χ1) is 9.51. The Morgan fingerprint density at radius 2 is 1.85 bits per heavy atom. The summed E-state index contributed by atoms with van der Waals surface area (Å²) in [5, 5.41) is 13.4. The molecule has 1 N–H and O–H groups in total. The molecule has 1 unspecified atom stereocenters. The molecule has 0 aromatic heterocycles. The van der Waals surface area contributed by atoms with Gasteiger partial charge in [0.05, 0.1) is 21.7 Å². The van der Waals surface area contributed by atoms with Crippen molar-refractivity contribution in [2.24, 2.45) is 0 Å². The summed E-state index contributed by atoms with van der Waals surface area (Å²) >= 11 is 12.0. The lowest BCUT2D eigenvalue weighted by atomic mass is 10.1. The molecule has 0 aliphatic carbocycles. The third kappa shape index (κ3) is 3.25. The van der Waals surface area contributed by atoms with Gasteiger partial charge in [0.15, 0.2) is 0 Å². The lowest BCUT2D eigenvalue weighted by molar-refractivity contribution is 0.882. The molecular weight excluding hydrogens is 291 g/mol. The molecule has 0 saturated heterocycles. The van der Waals surface area contributed by atoms with Crippen molar-refractivity contribution in [3.05, 3.63) is 63.1 Å². The molecule has 20 heavy (non-hydrogen) atoms. The van der Waals surface area contributed by atoms with Gasteiger partial charge < -0.3 is 5.32 Å². The average Bonchev–Trinajstić information content (AvgIpc) is 2.44. The minimum atomic E-state index is 0.0670. The van der Waals surface area contributed by atoms with Crippen LogP contribution in [0.15, 0.2) is 36.4 Å². The van der Waals surface area contributed by atoms with E-state index >= 15 is 0 Å². The number of hydrogen-bond acceptors (Lipinski definition) is 2. The van der Waals surface area contributed by atoms with Gasteiger partial charge in [0, 0.05) is 11.7 Å². The molecule has 0 bridgehead atoms. The standard InChI is InChI=1S/C16H14Cl2N2/c1-10-3-4-12(9-19)7-16(10)20-11(2)13-5-6-14(17)15(18)8-13/h3-8,11,20H,1-2H3. The number of hydrogen-bond donors (Lipinski definition) is 1. The summed E-state index contributed by atoms with van der Waals surface area (Å²) in [6.45, 7) is 4.04. The molecule has 2 aromatic carbocycles. The fourth-order valence-corrected chi connectivity index (χ4v) is 2.25. The lowest BCUT2D eigenvalue weighted by Crippen LogP contribution is -2.08. The second-order valence-electron chi connectivity index (χ2n) is 4.68. The predicted octanol–water partition coefficient (Wildman–Crippen LogP) is 5.35. The van der Waals surface area contributed by atoms with Crippen molar-refractivity contribution in [2.45, 2.75) is 19.9 Å². The van der Waals surface area contributed by atoms with E-state index in [1.807, 2.05) is 44.2 Å². The van der Waals surface area contributed by atoms with Crippen molar-refractivity contribution in [2.75, 3.05) is 5.32 Å². The van der Waals surface area contributed by atoms with E-state index in [0.29, 0.717) is 15.6 Å². The highest BCUT2D eigenvalue weighted by Crippen LogP contribution is 2.28. The van der Waals surface area contributed by atoms with E-state index < -0.39 is 0 Å². The van der Waals surface area contributed by atoms with Crippen molar-refractivity contribution >= 4 is 28.9 Å². The van der Waals surface area contributed by atoms with E-state index in [9.17, 15) is 0 Å². The van der Waals surface area contributed by atoms with Crippen LogP contribution in [0.5, 0.6) is 0 Å². The molecule has 0 heterocycles. The van der Waals surface area contributed by atoms with Crippen molar-refractivity contribution < 1.29 is 0 Å². The SMILES string of the molecule is Cc1ccc(C#N)cc1NC(C)c1ccc(Cl)c(Cl)c1. The fraction of sp³-hybridized carbons (Fsp3) is 0.188. The van der Waals surface area contributed by atoms with Gasteiger partial charge in [0.2, 0.25) is 0 Å². The van der Waals surface area contributed by atoms with Crippen LogP contribution in [0.4, 0.5) is 5.69 Å². The van der Waals surface area contributed by atoms with E-state index in [0.717, 1.165) is 16.8 Å². The first-order valence-corrected chi connectivity index (χ1v) is 6.99. The number of nitrogens with zero attached hydrogens (tertiary/aromatic N) is 1. The minimum absolute atomic E-state index is 0.0670. The molecule has 0 radical (unpaired) electrons. The maximum atomic E-state index is 8.96. The molecule has 0 fully saturated rings. The van der Waals surface area contributed by atoms with Crippen LogP contribution in [-0.4, -0.2) is 0 Å². The topological polar surface area (TPSA) is 35.8 Å². The van der Waals surface area contributed by atoms with Crippen LogP contribution in [0.3, 0.4) is 0 Å². The molecular formula is C16H14Cl2N2. The third-order valence-corrected chi connectivity index (χ3v) is 3.92. The van der Waals surface area contributed by atoms with E-state index in [1.54, 1.807) is 6.07 Å². The van der Waals surface area contributed by atoms with E-state index in [1.165, 1.54) is 0 Å². The monoisotopic (exact) mass is 304 g/mol. The number of nitriles is 1. The van der Waals surface area contributed by atoms with Crippen LogP contribution in [0.25, 0.3) is 0 Å². The highest BCUT2D eigenvalue weighted by atomic mass is 35.5. The zero-order valence-electron chi connectivity index (χ0n) is 11.2. The molecule has 0 saturated carbocycles. The van der Waals surface area contributed by atoms with Gasteiger partial charge >= 0.3 is 0 Å². The third-order valence-electron chi connectivity index (χ3n) is 3.18. The van der Waals surface area contributed by atoms with Crippen LogP contribution in [0.2, 0.25) is 10.0 Å². The molecule has 4 heteroatoms. The average molecular weight is 305 g/mol. The molecule has 2 nitrogen and oxygen atoms in total. The Morgan fingerprint density at radius 3 is 2.50 bits per heavy atom. The van der Waals surface area contributed by atoms with Crippen molar-refractivity contribution in [1.82, 2.24) is 0 Å². The second-order valence-corrected chi connectivity index (χ2v) is 5.50. The van der Waals surface area contributed by atoms with Gasteiger partial charge in [0.1, 0.15) is 0 Å². The van der Waals surface area contributed by atoms with Gasteiger partial charge in [-0.05, 0) is 49.2 Å². The highest BCUT2D eigenvalue weighted by Gasteiger charge is 2.09. The van der Waals surface area contributed by atoms with E-state index in [-0.39, 0.29) is 6.04 Å². The van der Waals surface area contributed by atoms with Crippen LogP contribution >= 0.6 is 23.2 Å². The first kappa shape index (κ1) is 14.7. The number of anilines is 1. The van der Waals surface area contributed by atoms with E-state index in [4.69, 9.17) is 28.5 Å². The summed E-state index contributed by atoms with van der Waals surface area (Å²) in [6.07, 6.45) is 0. The van der Waals surface area contributed by atoms with Gasteiger partial charge in [0.25, 0.3) is 0 Å². The van der Waals surface area contributed by atoms with Crippen LogP contribution in [0, 0.1) is 18.3 Å². The summed E-state index contributed by atoms with van der Waals surface area (Å²) in [4.78, 5) is 0. The van der Waals surface area contributed by atoms with Crippen LogP contribution in [-0.2, 0) is 0 Å². The molecule has 102 valence electrons. The number of halogens is 2. The van der Waals surface area contributed by atoms with Gasteiger partial charge in [-0.2, -0.15) is 5.26 Å². The molecule has 2 rings (SSSR count). The molecule has 2 aromatic rings. The number of benzene rings is 2. The maximum Gasteiger partial charge on any atom is 0.0992 e. The Labute approximate surface area is 128 Å². The smallest absolute Gasteiger partial charge is 0.0992 e. The summed E-state index contributed by atoms with van der Waals surface area (Å²) < 4.78 is 0. The van der Waals surface area contributed by atoms with Crippen molar-refractivity contribution in [3.63, 3.8) is 0 Å². The molecule has 0 aliphatic rings. The number of rotatable bonds is 3. The van der Waals surface area contributed by atoms with Gasteiger partial charge in [-0.3, -0.25) is 0 Å². The van der Waals surface area contributed by atoms with Gasteiger partial charge in [-0.15, -0.1) is 0 Å². The maximum absolute atomic E-state index is 8.96. The van der Waals surface area contributed by atoms with E-state index in [2.05, 4.69) is 11.4 Å². The molecule has 0 aliphatic heterocycles. The molecule has 0 spiro atoms. The number of nitrogens with one attached hydrogen (secondary N) is 1. The van der Waals surface area contributed by atoms with Crippen molar-refractivity contribution in [1.29, 1.82) is 5.26 Å². The molecule has 1 atom stereocenters. The zero-order chi connectivity index (χ0) is 14.7. The van der Waals surface area contributed by atoms with Gasteiger partial charge in [-0.25, -0.2) is 0 Å². The Bertz CT molecular complexity index is 675. The van der Waals surface area contributed by atoms with Crippen molar-refractivity contribution in [3.8, 4) is 6.07 Å². The first-order valence-electron chi connectivity index (χ1n) is 6.23. The number of aryl methyl sites for hydroxylation is 1. The Hall–Kier alpha value is -1.69. The highest BCUT2D eigenvalue weighted by molar-refractivity contribution is 6.42. The fourth-order valence-electron chi connectivity index (χ4n) is 1.95. The zero-order valence-corrected chi connectivity index (χ0v) is 12.8. The summed E-state index contributed by atoms with van der Waals surface area (Å²) in [7, 11) is 0.